The van der Waals surface area contributed by atoms with Crippen LogP contribution in [-0.2, 0) is 0 Å². The minimum absolute atomic E-state index is 0.0241. The first-order valence-corrected chi connectivity index (χ1v) is 10.6. The quantitative estimate of drug-likeness (QED) is 0.550. The Labute approximate surface area is 178 Å². The van der Waals surface area contributed by atoms with Crippen molar-refractivity contribution >= 4 is 28.8 Å². The van der Waals surface area contributed by atoms with E-state index in [1.54, 1.807) is 29.8 Å². The number of anilines is 3. The molecule has 1 fully saturated rings. The number of nitrogens with one attached hydrogen (secondary N) is 3. The molecule has 3 aromatic rings. The summed E-state index contributed by atoms with van der Waals surface area (Å²) >= 11 is 1.55. The molecule has 0 saturated carbocycles. The summed E-state index contributed by atoms with van der Waals surface area (Å²) < 4.78 is 6.03. The molecule has 30 heavy (non-hydrogen) atoms. The fourth-order valence-corrected chi connectivity index (χ4v) is 3.99. The third-order valence-corrected chi connectivity index (χ3v) is 5.63. The van der Waals surface area contributed by atoms with Gasteiger partial charge in [0.2, 0.25) is 5.95 Å². The number of thiazole rings is 1. The molecule has 0 radical (unpaired) electrons. The molecule has 3 aromatic heterocycles. The topological polar surface area (TPSA) is 121 Å². The highest BCUT2D eigenvalue weighted by Gasteiger charge is 2.18. The first-order chi connectivity index (χ1) is 14.7. The van der Waals surface area contributed by atoms with Crippen molar-refractivity contribution in [2.75, 3.05) is 30.8 Å². The average Bonchev–Trinajstić information content (AvgIpc) is 3.20. The van der Waals surface area contributed by atoms with Crippen LogP contribution in [0.5, 0.6) is 5.75 Å². The van der Waals surface area contributed by atoms with Crippen molar-refractivity contribution in [2.24, 2.45) is 0 Å². The van der Waals surface area contributed by atoms with Crippen molar-refractivity contribution in [1.29, 1.82) is 5.26 Å². The lowest BCUT2D eigenvalue weighted by Gasteiger charge is -2.24. The Kier molecular flexibility index (Phi) is 6.02. The minimum atomic E-state index is 0.0241. The van der Waals surface area contributed by atoms with Crippen LogP contribution in [0.2, 0.25) is 0 Å². The zero-order valence-corrected chi connectivity index (χ0v) is 17.6. The molecule has 1 unspecified atom stereocenters. The highest BCUT2D eigenvalue weighted by molar-refractivity contribution is 7.13. The van der Waals surface area contributed by atoms with Gasteiger partial charge in [0.05, 0.1) is 17.4 Å². The molecule has 0 amide bonds. The number of piperidine rings is 1. The maximum atomic E-state index is 9.37. The summed E-state index contributed by atoms with van der Waals surface area (Å²) in [5, 5.41) is 21.8. The predicted octanol–water partition coefficient (Wildman–Crippen LogP) is 3.09. The lowest BCUT2D eigenvalue weighted by atomic mass is 10.1. The molecule has 4 heterocycles. The van der Waals surface area contributed by atoms with Gasteiger partial charge in [-0.25, -0.2) is 15.0 Å². The van der Waals surface area contributed by atoms with Gasteiger partial charge in [-0.05, 0) is 26.3 Å². The van der Waals surface area contributed by atoms with E-state index in [0.29, 0.717) is 23.2 Å². The summed E-state index contributed by atoms with van der Waals surface area (Å²) in [5.74, 6) is 1.54. The van der Waals surface area contributed by atoms with Crippen molar-refractivity contribution in [3.63, 3.8) is 0 Å². The van der Waals surface area contributed by atoms with Crippen LogP contribution in [0, 0.1) is 18.3 Å². The zero-order chi connectivity index (χ0) is 20.9. The Bertz CT molecular complexity index is 1070. The summed E-state index contributed by atoms with van der Waals surface area (Å²) in [6.45, 7) is 3.71. The molecule has 10 heteroatoms. The Hall–Kier alpha value is -3.29. The largest absolute Gasteiger partial charge is 0.486 e. The molecule has 0 aliphatic carbocycles. The second kappa shape index (κ2) is 9.02. The van der Waals surface area contributed by atoms with Gasteiger partial charge in [-0.3, -0.25) is 0 Å². The fourth-order valence-electron chi connectivity index (χ4n) is 3.18. The summed E-state index contributed by atoms with van der Waals surface area (Å²) in [6, 6.07) is 3.86. The first kappa shape index (κ1) is 20.0. The summed E-state index contributed by atoms with van der Waals surface area (Å²) in [5.41, 5.74) is 2.71. The van der Waals surface area contributed by atoms with Gasteiger partial charge >= 0.3 is 0 Å². The number of nitriles is 1. The van der Waals surface area contributed by atoms with Crippen molar-refractivity contribution in [3.8, 4) is 22.4 Å². The van der Waals surface area contributed by atoms with Crippen LogP contribution in [0.25, 0.3) is 10.6 Å². The molecule has 0 aromatic carbocycles. The van der Waals surface area contributed by atoms with Gasteiger partial charge in [0.25, 0.3) is 0 Å². The van der Waals surface area contributed by atoms with Gasteiger partial charge in [-0.15, -0.1) is 11.3 Å². The van der Waals surface area contributed by atoms with Gasteiger partial charge < -0.3 is 20.7 Å². The second-order valence-corrected chi connectivity index (χ2v) is 7.75. The van der Waals surface area contributed by atoms with E-state index in [9.17, 15) is 5.26 Å². The van der Waals surface area contributed by atoms with Gasteiger partial charge in [-0.1, -0.05) is 0 Å². The lowest BCUT2D eigenvalue weighted by Crippen LogP contribution is -2.37. The zero-order valence-electron chi connectivity index (χ0n) is 16.8. The molecule has 0 spiro atoms. The van der Waals surface area contributed by atoms with Crippen LogP contribution in [0.3, 0.4) is 0 Å². The first-order valence-electron chi connectivity index (χ1n) is 9.68. The molecule has 3 N–H and O–H groups in total. The van der Waals surface area contributed by atoms with Gasteiger partial charge in [0.1, 0.15) is 23.0 Å². The van der Waals surface area contributed by atoms with E-state index in [2.05, 4.69) is 42.0 Å². The van der Waals surface area contributed by atoms with Crippen molar-refractivity contribution in [1.82, 2.24) is 25.3 Å². The highest BCUT2D eigenvalue weighted by atomic mass is 32.1. The third kappa shape index (κ3) is 4.48. The van der Waals surface area contributed by atoms with E-state index < -0.39 is 0 Å². The third-order valence-electron chi connectivity index (χ3n) is 4.64. The molecule has 0 bridgehead atoms. The van der Waals surface area contributed by atoms with Crippen LogP contribution in [0.4, 0.5) is 17.5 Å². The van der Waals surface area contributed by atoms with E-state index in [-0.39, 0.29) is 11.8 Å². The van der Waals surface area contributed by atoms with Crippen LogP contribution in [0.1, 0.15) is 24.2 Å². The summed E-state index contributed by atoms with van der Waals surface area (Å²) in [4.78, 5) is 17.7. The SMILES string of the molecule is CNc1nc(Nc2cnc(C#N)c(OC3CCCNC3)c2)ncc1-c1nc(C)cs1. The Balaban J connectivity index is 1.56. The second-order valence-electron chi connectivity index (χ2n) is 6.89. The Morgan fingerprint density at radius 1 is 1.30 bits per heavy atom. The van der Waals surface area contributed by atoms with Crippen LogP contribution < -0.4 is 20.7 Å². The lowest BCUT2D eigenvalue weighted by molar-refractivity contribution is 0.166. The molecule has 154 valence electrons. The average molecular weight is 423 g/mol. The van der Waals surface area contributed by atoms with E-state index >= 15 is 0 Å². The fraction of sp³-hybridized carbons (Fsp3) is 0.350. The molecule has 1 atom stereocenters. The van der Waals surface area contributed by atoms with E-state index in [0.717, 1.165) is 42.2 Å². The number of rotatable bonds is 6. The molecule has 4 rings (SSSR count). The Morgan fingerprint density at radius 3 is 2.90 bits per heavy atom. The maximum absolute atomic E-state index is 9.37. The Morgan fingerprint density at radius 2 is 2.20 bits per heavy atom. The van der Waals surface area contributed by atoms with Crippen LogP contribution >= 0.6 is 11.3 Å². The molecule has 1 aliphatic heterocycles. The minimum Gasteiger partial charge on any atom is -0.486 e. The molecular formula is C20H22N8OS. The molecule has 9 nitrogen and oxygen atoms in total. The summed E-state index contributed by atoms with van der Waals surface area (Å²) in [6.07, 6.45) is 5.33. The van der Waals surface area contributed by atoms with Gasteiger partial charge in [0, 0.05) is 36.9 Å². The van der Waals surface area contributed by atoms with Crippen LogP contribution in [-0.4, -0.2) is 46.2 Å². The normalized spacial score (nSPS) is 16.0. The molecular weight excluding hydrogens is 400 g/mol. The number of hydrogen-bond donors (Lipinski definition) is 3. The van der Waals surface area contributed by atoms with Gasteiger partial charge in [0.15, 0.2) is 11.4 Å². The summed E-state index contributed by atoms with van der Waals surface area (Å²) in [7, 11) is 1.81. The van der Waals surface area contributed by atoms with Crippen LogP contribution in [0.15, 0.2) is 23.8 Å². The standard InChI is InChI=1S/C20H22N8OS/c1-12-11-30-19(26-12)15-10-25-20(28-18(15)22-2)27-13-6-17(16(7-21)24-8-13)29-14-4-3-5-23-9-14/h6,8,10-11,14,23H,3-5,9H2,1-2H3,(H2,22,25,27,28). The predicted molar refractivity (Wildman–Crippen MR) is 116 cm³/mol. The number of pyridine rings is 1. The van der Waals surface area contributed by atoms with Crippen molar-refractivity contribution in [2.45, 2.75) is 25.9 Å². The highest BCUT2D eigenvalue weighted by Crippen LogP contribution is 2.30. The monoisotopic (exact) mass is 422 g/mol. The smallest absolute Gasteiger partial charge is 0.229 e. The van der Waals surface area contributed by atoms with Crippen molar-refractivity contribution in [3.05, 3.63) is 35.2 Å². The number of hydrogen-bond acceptors (Lipinski definition) is 10. The van der Waals surface area contributed by atoms with E-state index in [4.69, 9.17) is 4.74 Å². The number of nitrogens with zero attached hydrogens (tertiary/aromatic N) is 5. The molecule has 1 aliphatic rings. The number of aromatic nitrogens is 4. The molecule has 1 saturated heterocycles. The number of ether oxygens (including phenoxy) is 1. The number of aryl methyl sites for hydroxylation is 1. The maximum Gasteiger partial charge on any atom is 0.229 e. The van der Waals surface area contributed by atoms with E-state index in [1.165, 1.54) is 0 Å². The van der Waals surface area contributed by atoms with Crippen molar-refractivity contribution < 1.29 is 4.74 Å². The van der Waals surface area contributed by atoms with E-state index in [1.807, 2.05) is 19.4 Å². The van der Waals surface area contributed by atoms with Gasteiger partial charge in [-0.2, -0.15) is 10.2 Å².